The van der Waals surface area contributed by atoms with Gasteiger partial charge in [-0.3, -0.25) is 4.79 Å². The summed E-state index contributed by atoms with van der Waals surface area (Å²) < 4.78 is 0. The maximum absolute atomic E-state index is 12.5. The fourth-order valence-corrected chi connectivity index (χ4v) is 9.56. The molecular weight excluding hydrogens is 831 g/mol. The van der Waals surface area contributed by atoms with Crippen molar-refractivity contribution in [2.24, 2.45) is 0 Å². The highest BCUT2D eigenvalue weighted by Gasteiger charge is 2.18. The van der Waals surface area contributed by atoms with Crippen molar-refractivity contribution < 1.29 is 15.0 Å². The van der Waals surface area contributed by atoms with Crippen molar-refractivity contribution in [3.8, 4) is 0 Å². The second kappa shape index (κ2) is 59.7. The van der Waals surface area contributed by atoms with Gasteiger partial charge < -0.3 is 15.5 Å². The zero-order valence-electron chi connectivity index (χ0n) is 46.1. The van der Waals surface area contributed by atoms with Gasteiger partial charge in [-0.2, -0.15) is 0 Å². The molecule has 0 radical (unpaired) electrons. The normalized spacial score (nSPS) is 13.1. The lowest BCUT2D eigenvalue weighted by Crippen LogP contribution is -2.45. The van der Waals surface area contributed by atoms with Gasteiger partial charge in [-0.15, -0.1) is 0 Å². The molecule has 0 bridgehead atoms. The summed E-state index contributed by atoms with van der Waals surface area (Å²) in [6.07, 6.45) is 83.1. The third-order valence-corrected chi connectivity index (χ3v) is 14.3. The highest BCUT2D eigenvalue weighted by Crippen LogP contribution is 2.17. The van der Waals surface area contributed by atoms with E-state index < -0.39 is 12.1 Å². The SMILES string of the molecule is CCCCCCCCCCC/C=C/CC/C=C/CC/C=C/C(O)C(CO)NC(=O)CCCCCCCCCCCCCCCCCCC/C=C\CCCCCCCCCCCCCCCCCC. The fourth-order valence-electron chi connectivity index (χ4n) is 9.56. The van der Waals surface area contributed by atoms with Gasteiger partial charge in [-0.25, -0.2) is 0 Å². The van der Waals surface area contributed by atoms with Crippen molar-refractivity contribution >= 4 is 5.91 Å². The van der Waals surface area contributed by atoms with Gasteiger partial charge in [0.05, 0.1) is 18.8 Å². The van der Waals surface area contributed by atoms with E-state index in [-0.39, 0.29) is 12.5 Å². The Kier molecular flexibility index (Phi) is 58.2. The van der Waals surface area contributed by atoms with Crippen molar-refractivity contribution in [1.82, 2.24) is 5.32 Å². The Morgan fingerprint density at radius 3 is 0.853 bits per heavy atom. The molecule has 68 heavy (non-hydrogen) atoms. The molecule has 0 aromatic carbocycles. The first kappa shape index (κ1) is 66.3. The second-order valence-electron chi connectivity index (χ2n) is 21.1. The molecule has 1 amide bonds. The van der Waals surface area contributed by atoms with Gasteiger partial charge in [0.1, 0.15) is 0 Å². The standard InChI is InChI=1S/C64H121NO3/c1-3-5-7-9-11-13-15-17-19-21-23-24-25-26-27-28-29-30-31-32-33-34-35-36-37-38-39-40-42-44-46-48-50-52-54-56-58-60-64(68)65-62(61-66)63(67)59-57-55-53-51-49-47-45-43-41-22-20-18-16-14-12-10-8-6-4-2/h30-31,41,43,49,51,57,59,62-63,66-67H,3-29,32-40,42,44-48,50,52-56,58,60-61H2,1-2H3,(H,65,68)/b31-30-,43-41+,51-49+,59-57+. The van der Waals surface area contributed by atoms with Gasteiger partial charge in [0.25, 0.3) is 0 Å². The number of hydrogen-bond acceptors (Lipinski definition) is 3. The van der Waals surface area contributed by atoms with Gasteiger partial charge in [-0.1, -0.05) is 306 Å². The summed E-state index contributed by atoms with van der Waals surface area (Å²) >= 11 is 0. The van der Waals surface area contributed by atoms with E-state index in [2.05, 4.69) is 55.6 Å². The van der Waals surface area contributed by atoms with Crippen LogP contribution in [0, 0.1) is 0 Å². The Balaban J connectivity index is 3.45. The molecule has 0 spiro atoms. The van der Waals surface area contributed by atoms with E-state index in [1.54, 1.807) is 6.08 Å². The molecule has 0 aromatic heterocycles. The molecule has 2 atom stereocenters. The van der Waals surface area contributed by atoms with E-state index in [1.165, 1.54) is 276 Å². The summed E-state index contributed by atoms with van der Waals surface area (Å²) in [5.41, 5.74) is 0. The molecule has 0 aliphatic heterocycles. The van der Waals surface area contributed by atoms with Crippen molar-refractivity contribution in [3.63, 3.8) is 0 Å². The topological polar surface area (TPSA) is 69.6 Å². The van der Waals surface area contributed by atoms with Crippen LogP contribution in [0.4, 0.5) is 0 Å². The molecule has 0 aliphatic rings. The van der Waals surface area contributed by atoms with Crippen molar-refractivity contribution in [1.29, 1.82) is 0 Å². The van der Waals surface area contributed by atoms with Crippen LogP contribution < -0.4 is 5.32 Å². The van der Waals surface area contributed by atoms with Crippen LogP contribution in [0.25, 0.3) is 0 Å². The van der Waals surface area contributed by atoms with Gasteiger partial charge in [-0.05, 0) is 70.6 Å². The zero-order chi connectivity index (χ0) is 49.2. The van der Waals surface area contributed by atoms with Gasteiger partial charge in [0.15, 0.2) is 0 Å². The Morgan fingerprint density at radius 2 is 0.574 bits per heavy atom. The van der Waals surface area contributed by atoms with Gasteiger partial charge in [0, 0.05) is 6.42 Å². The predicted octanol–water partition coefficient (Wildman–Crippen LogP) is 20.6. The second-order valence-corrected chi connectivity index (χ2v) is 21.1. The number of nitrogens with one attached hydrogen (secondary N) is 1. The maximum Gasteiger partial charge on any atom is 0.220 e. The molecule has 0 saturated carbocycles. The smallest absolute Gasteiger partial charge is 0.220 e. The van der Waals surface area contributed by atoms with Gasteiger partial charge >= 0.3 is 0 Å². The van der Waals surface area contributed by atoms with Crippen LogP contribution in [-0.2, 0) is 4.79 Å². The Bertz CT molecular complexity index is 1080. The molecule has 400 valence electrons. The number of amides is 1. The number of allylic oxidation sites excluding steroid dienone is 7. The summed E-state index contributed by atoms with van der Waals surface area (Å²) in [5, 5.41) is 23.1. The minimum absolute atomic E-state index is 0.0735. The van der Waals surface area contributed by atoms with Gasteiger partial charge in [0.2, 0.25) is 5.91 Å². The lowest BCUT2D eigenvalue weighted by atomic mass is 10.0. The molecule has 3 N–H and O–H groups in total. The number of aliphatic hydroxyl groups excluding tert-OH is 2. The molecule has 0 fully saturated rings. The molecule has 0 saturated heterocycles. The van der Waals surface area contributed by atoms with E-state index in [9.17, 15) is 15.0 Å². The summed E-state index contributed by atoms with van der Waals surface area (Å²) in [6, 6.07) is -0.646. The maximum atomic E-state index is 12.5. The first-order valence-electron chi connectivity index (χ1n) is 30.9. The molecule has 0 rings (SSSR count). The van der Waals surface area contributed by atoms with Crippen molar-refractivity contribution in [3.05, 3.63) is 48.6 Å². The van der Waals surface area contributed by atoms with E-state index in [0.717, 1.165) is 38.5 Å². The number of rotatable bonds is 57. The summed E-state index contributed by atoms with van der Waals surface area (Å²) in [6.45, 7) is 4.32. The van der Waals surface area contributed by atoms with Crippen LogP contribution in [-0.4, -0.2) is 34.9 Å². The molecule has 2 unspecified atom stereocenters. The molecule has 0 heterocycles. The number of carbonyl (C=O) groups excluding carboxylic acids is 1. The quantitative estimate of drug-likeness (QED) is 0.0420. The largest absolute Gasteiger partial charge is 0.394 e. The minimum Gasteiger partial charge on any atom is -0.394 e. The van der Waals surface area contributed by atoms with E-state index in [0.29, 0.717) is 6.42 Å². The summed E-state index contributed by atoms with van der Waals surface area (Å²) in [5.74, 6) is -0.0735. The first-order chi connectivity index (χ1) is 33.7. The molecule has 4 nitrogen and oxygen atoms in total. The zero-order valence-corrected chi connectivity index (χ0v) is 46.1. The summed E-state index contributed by atoms with van der Waals surface area (Å²) in [7, 11) is 0. The number of hydrogen-bond donors (Lipinski definition) is 3. The minimum atomic E-state index is -0.871. The van der Waals surface area contributed by atoms with Crippen molar-refractivity contribution in [2.45, 2.75) is 347 Å². The van der Waals surface area contributed by atoms with E-state index >= 15 is 0 Å². The molecule has 0 aromatic rings. The van der Waals surface area contributed by atoms with Crippen LogP contribution in [0.3, 0.4) is 0 Å². The Labute approximate surface area is 426 Å². The third-order valence-electron chi connectivity index (χ3n) is 14.3. The molecular formula is C64H121NO3. The lowest BCUT2D eigenvalue weighted by molar-refractivity contribution is -0.123. The average Bonchev–Trinajstić information content (AvgIpc) is 3.34. The average molecular weight is 953 g/mol. The van der Waals surface area contributed by atoms with Crippen LogP contribution >= 0.6 is 0 Å². The molecule has 4 heteroatoms. The van der Waals surface area contributed by atoms with Crippen LogP contribution in [0.2, 0.25) is 0 Å². The number of carbonyl (C=O) groups is 1. The molecule has 0 aliphatic carbocycles. The lowest BCUT2D eigenvalue weighted by Gasteiger charge is -2.19. The van der Waals surface area contributed by atoms with Crippen LogP contribution in [0.1, 0.15) is 335 Å². The Hall–Kier alpha value is -1.65. The van der Waals surface area contributed by atoms with Crippen LogP contribution in [0.5, 0.6) is 0 Å². The van der Waals surface area contributed by atoms with Crippen LogP contribution in [0.15, 0.2) is 48.6 Å². The number of aliphatic hydroxyl groups is 2. The summed E-state index contributed by atoms with van der Waals surface area (Å²) in [4.78, 5) is 12.5. The highest BCUT2D eigenvalue weighted by atomic mass is 16.3. The number of unbranched alkanes of at least 4 members (excludes halogenated alkanes) is 44. The fraction of sp³-hybridized carbons (Fsp3) is 0.859. The Morgan fingerprint density at radius 1 is 0.338 bits per heavy atom. The monoisotopic (exact) mass is 952 g/mol. The van der Waals surface area contributed by atoms with E-state index in [1.807, 2.05) is 6.08 Å². The third kappa shape index (κ3) is 55.3. The van der Waals surface area contributed by atoms with E-state index in [4.69, 9.17) is 0 Å². The first-order valence-corrected chi connectivity index (χ1v) is 30.9. The van der Waals surface area contributed by atoms with Crippen molar-refractivity contribution in [2.75, 3.05) is 6.61 Å². The highest BCUT2D eigenvalue weighted by molar-refractivity contribution is 5.76. The predicted molar refractivity (Wildman–Crippen MR) is 304 cm³/mol.